The Morgan fingerprint density at radius 1 is 1.12 bits per heavy atom. The van der Waals surface area contributed by atoms with E-state index in [0.29, 0.717) is 16.5 Å². The van der Waals surface area contributed by atoms with E-state index >= 15 is 0 Å². The van der Waals surface area contributed by atoms with Gasteiger partial charge in [0.05, 0.1) is 11.1 Å². The van der Waals surface area contributed by atoms with E-state index < -0.39 is 5.91 Å². The van der Waals surface area contributed by atoms with E-state index in [1.165, 1.54) is 0 Å². The highest BCUT2D eigenvalue weighted by atomic mass is 16.3. The number of hydrogen-bond donors (Lipinski definition) is 3. The molecule has 0 bridgehead atoms. The lowest BCUT2D eigenvalue weighted by Crippen LogP contribution is -2.20. The van der Waals surface area contributed by atoms with E-state index in [1.54, 1.807) is 36.4 Å². The molecule has 1 amide bonds. The second-order valence-corrected chi connectivity index (χ2v) is 6.88. The van der Waals surface area contributed by atoms with Crippen LogP contribution in [0.25, 0.3) is 10.8 Å². The highest BCUT2D eigenvalue weighted by Gasteiger charge is 2.19. The number of rotatable bonds is 2. The summed E-state index contributed by atoms with van der Waals surface area (Å²) in [6.07, 6.45) is 0. The second-order valence-electron chi connectivity index (χ2n) is 6.88. The molecule has 0 saturated carbocycles. The van der Waals surface area contributed by atoms with Crippen molar-refractivity contribution >= 4 is 22.4 Å². The SMILES string of the molecule is CC(C)(C)c1ccc(O)c(NC(=O)c2n[nH]c(=O)c3ccccc23)c1. The number of nitrogens with one attached hydrogen (secondary N) is 2. The number of phenols is 1. The van der Waals surface area contributed by atoms with Crippen LogP contribution < -0.4 is 10.9 Å². The Morgan fingerprint density at radius 2 is 1.80 bits per heavy atom. The topological polar surface area (TPSA) is 95.1 Å². The molecule has 1 heterocycles. The van der Waals surface area contributed by atoms with E-state index in [1.807, 2.05) is 26.8 Å². The van der Waals surface area contributed by atoms with Crippen molar-refractivity contribution in [3.63, 3.8) is 0 Å². The summed E-state index contributed by atoms with van der Waals surface area (Å²) in [5, 5.41) is 19.8. The fourth-order valence-corrected chi connectivity index (χ4v) is 2.57. The fourth-order valence-electron chi connectivity index (χ4n) is 2.57. The lowest BCUT2D eigenvalue weighted by Gasteiger charge is -2.20. The van der Waals surface area contributed by atoms with Crippen molar-refractivity contribution in [1.82, 2.24) is 10.2 Å². The van der Waals surface area contributed by atoms with E-state index in [9.17, 15) is 14.7 Å². The molecule has 25 heavy (non-hydrogen) atoms. The minimum Gasteiger partial charge on any atom is -0.506 e. The Hall–Kier alpha value is -3.15. The van der Waals surface area contributed by atoms with Gasteiger partial charge in [0.15, 0.2) is 5.69 Å². The van der Waals surface area contributed by atoms with Crippen LogP contribution in [0.5, 0.6) is 5.75 Å². The highest BCUT2D eigenvalue weighted by Crippen LogP contribution is 2.31. The molecular weight excluding hydrogens is 318 g/mol. The van der Waals surface area contributed by atoms with Gasteiger partial charge in [-0.2, -0.15) is 5.10 Å². The first-order valence-corrected chi connectivity index (χ1v) is 7.89. The van der Waals surface area contributed by atoms with E-state index in [0.717, 1.165) is 5.56 Å². The van der Waals surface area contributed by atoms with E-state index in [-0.39, 0.29) is 22.4 Å². The summed E-state index contributed by atoms with van der Waals surface area (Å²) in [6, 6.07) is 11.9. The smallest absolute Gasteiger partial charge is 0.276 e. The summed E-state index contributed by atoms with van der Waals surface area (Å²) >= 11 is 0. The quantitative estimate of drug-likeness (QED) is 0.626. The molecule has 0 aliphatic rings. The van der Waals surface area contributed by atoms with Crippen molar-refractivity contribution in [2.45, 2.75) is 26.2 Å². The first kappa shape index (κ1) is 16.7. The second kappa shape index (κ2) is 6.05. The number of phenolic OH excluding ortho intramolecular Hbond substituents is 1. The maximum Gasteiger partial charge on any atom is 0.276 e. The van der Waals surface area contributed by atoms with Gasteiger partial charge in [-0.05, 0) is 29.2 Å². The molecule has 3 rings (SSSR count). The summed E-state index contributed by atoms with van der Waals surface area (Å²) < 4.78 is 0. The number of hydrogen-bond acceptors (Lipinski definition) is 4. The number of carbonyl (C=O) groups excluding carboxylic acids is 1. The maximum atomic E-state index is 12.6. The molecule has 0 unspecified atom stereocenters. The third kappa shape index (κ3) is 3.24. The van der Waals surface area contributed by atoms with Gasteiger partial charge in [-0.25, -0.2) is 5.10 Å². The van der Waals surface area contributed by atoms with Gasteiger partial charge in [0, 0.05) is 5.39 Å². The van der Waals surface area contributed by atoms with Crippen LogP contribution >= 0.6 is 0 Å². The lowest BCUT2D eigenvalue weighted by atomic mass is 9.87. The third-order valence-electron chi connectivity index (χ3n) is 4.02. The molecule has 0 saturated heterocycles. The van der Waals surface area contributed by atoms with Crippen LogP contribution in [-0.4, -0.2) is 21.2 Å². The summed E-state index contributed by atoms with van der Waals surface area (Å²) in [7, 11) is 0. The highest BCUT2D eigenvalue weighted by molar-refractivity contribution is 6.11. The number of aromatic amines is 1. The van der Waals surface area contributed by atoms with E-state index in [2.05, 4.69) is 15.5 Å². The first-order valence-electron chi connectivity index (χ1n) is 7.89. The number of carbonyl (C=O) groups is 1. The Kier molecular flexibility index (Phi) is 4.04. The third-order valence-corrected chi connectivity index (χ3v) is 4.02. The molecule has 1 aromatic heterocycles. The largest absolute Gasteiger partial charge is 0.506 e. The van der Waals surface area contributed by atoms with Gasteiger partial charge in [-0.3, -0.25) is 9.59 Å². The summed E-state index contributed by atoms with van der Waals surface area (Å²) in [6.45, 7) is 6.13. The number of anilines is 1. The summed E-state index contributed by atoms with van der Waals surface area (Å²) in [4.78, 5) is 24.5. The lowest BCUT2D eigenvalue weighted by molar-refractivity contribution is 0.102. The molecule has 0 atom stereocenters. The zero-order chi connectivity index (χ0) is 18.2. The van der Waals surface area contributed by atoms with Crippen LogP contribution in [0.1, 0.15) is 36.8 Å². The predicted molar refractivity (Wildman–Crippen MR) is 97.1 cm³/mol. The van der Waals surface area contributed by atoms with Crippen molar-refractivity contribution in [2.24, 2.45) is 0 Å². The number of aromatic nitrogens is 2. The molecule has 3 aromatic rings. The molecule has 0 fully saturated rings. The number of nitrogens with zero attached hydrogens (tertiary/aromatic N) is 1. The van der Waals surface area contributed by atoms with Crippen molar-refractivity contribution in [3.05, 3.63) is 64.1 Å². The van der Waals surface area contributed by atoms with Gasteiger partial charge in [0.2, 0.25) is 0 Å². The molecule has 0 aliphatic carbocycles. The maximum absolute atomic E-state index is 12.6. The molecule has 128 valence electrons. The summed E-state index contributed by atoms with van der Waals surface area (Å²) in [5.74, 6) is -0.538. The Balaban J connectivity index is 2.02. The minimum atomic E-state index is -0.506. The zero-order valence-corrected chi connectivity index (χ0v) is 14.3. The number of H-pyrrole nitrogens is 1. The van der Waals surface area contributed by atoms with Gasteiger partial charge in [-0.1, -0.05) is 45.0 Å². The Labute approximate surface area is 144 Å². The van der Waals surface area contributed by atoms with Crippen molar-refractivity contribution in [1.29, 1.82) is 0 Å². The van der Waals surface area contributed by atoms with Gasteiger partial charge < -0.3 is 10.4 Å². The Bertz CT molecular complexity index is 1020. The first-order chi connectivity index (χ1) is 11.8. The van der Waals surface area contributed by atoms with Crippen LogP contribution in [-0.2, 0) is 5.41 Å². The number of aromatic hydroxyl groups is 1. The van der Waals surface area contributed by atoms with Crippen LogP contribution in [0, 0.1) is 0 Å². The van der Waals surface area contributed by atoms with Gasteiger partial charge in [0.1, 0.15) is 5.75 Å². The van der Waals surface area contributed by atoms with Gasteiger partial charge in [0.25, 0.3) is 11.5 Å². The van der Waals surface area contributed by atoms with Crippen LogP contribution in [0.4, 0.5) is 5.69 Å². The number of fused-ring (bicyclic) bond motifs is 1. The van der Waals surface area contributed by atoms with Crippen molar-refractivity contribution < 1.29 is 9.90 Å². The fraction of sp³-hybridized carbons (Fsp3) is 0.211. The number of amides is 1. The minimum absolute atomic E-state index is 0.0323. The average molecular weight is 337 g/mol. The molecular formula is C19H19N3O3. The Morgan fingerprint density at radius 3 is 2.48 bits per heavy atom. The van der Waals surface area contributed by atoms with Crippen LogP contribution in [0.15, 0.2) is 47.3 Å². The van der Waals surface area contributed by atoms with Crippen LogP contribution in [0.2, 0.25) is 0 Å². The standard InChI is InChI=1S/C19H19N3O3/c1-19(2,3)11-8-9-15(23)14(10-11)20-18(25)16-12-6-4-5-7-13(12)17(24)22-21-16/h4-10,23H,1-3H3,(H,20,25)(H,22,24). The molecule has 6 heteroatoms. The van der Waals surface area contributed by atoms with Gasteiger partial charge >= 0.3 is 0 Å². The monoisotopic (exact) mass is 337 g/mol. The molecule has 0 aliphatic heterocycles. The predicted octanol–water partition coefficient (Wildman–Crippen LogP) is 3.18. The zero-order valence-electron chi connectivity index (χ0n) is 14.3. The van der Waals surface area contributed by atoms with Crippen molar-refractivity contribution in [2.75, 3.05) is 5.32 Å². The molecule has 0 spiro atoms. The molecule has 2 aromatic carbocycles. The van der Waals surface area contributed by atoms with Gasteiger partial charge in [-0.15, -0.1) is 0 Å². The molecule has 0 radical (unpaired) electrons. The van der Waals surface area contributed by atoms with E-state index in [4.69, 9.17) is 0 Å². The molecule has 6 nitrogen and oxygen atoms in total. The number of benzene rings is 2. The molecule has 3 N–H and O–H groups in total. The van der Waals surface area contributed by atoms with Crippen LogP contribution in [0.3, 0.4) is 0 Å². The summed E-state index contributed by atoms with van der Waals surface area (Å²) in [5.41, 5.74) is 0.880. The average Bonchev–Trinajstić information content (AvgIpc) is 2.56. The normalized spacial score (nSPS) is 11.5. The van der Waals surface area contributed by atoms with Crippen molar-refractivity contribution in [3.8, 4) is 5.75 Å².